The maximum atomic E-state index is 12.1. The molecule has 5 heteroatoms. The van der Waals surface area contributed by atoms with E-state index in [0.717, 1.165) is 18.4 Å². The molecule has 0 bridgehead atoms. The lowest BCUT2D eigenvalue weighted by Gasteiger charge is -2.07. The number of carboxylic acids is 1. The van der Waals surface area contributed by atoms with Crippen molar-refractivity contribution in [2.75, 3.05) is 0 Å². The van der Waals surface area contributed by atoms with E-state index in [9.17, 15) is 14.7 Å². The Kier molecular flexibility index (Phi) is 5.14. The first-order chi connectivity index (χ1) is 10.6. The summed E-state index contributed by atoms with van der Waals surface area (Å²) in [5, 5.41) is 11.6. The van der Waals surface area contributed by atoms with Crippen molar-refractivity contribution in [1.29, 1.82) is 0 Å². The molecule has 0 fully saturated rings. The van der Waals surface area contributed by atoms with E-state index in [1.165, 1.54) is 6.08 Å². The first-order valence-corrected chi connectivity index (χ1v) is 7.09. The summed E-state index contributed by atoms with van der Waals surface area (Å²) in [4.78, 5) is 26.2. The summed E-state index contributed by atoms with van der Waals surface area (Å²) in [5.74, 6) is -1.63. The van der Waals surface area contributed by atoms with Gasteiger partial charge in [0.15, 0.2) is 0 Å². The molecule has 1 amide bonds. The lowest BCUT2D eigenvalue weighted by Crippen LogP contribution is -2.27. The summed E-state index contributed by atoms with van der Waals surface area (Å²) < 4.78 is 0. The molecule has 0 radical (unpaired) electrons. The number of hydrogen-bond acceptors (Lipinski definition) is 2. The van der Waals surface area contributed by atoms with Gasteiger partial charge in [-0.05, 0) is 42.3 Å². The number of aryl methyl sites for hydroxylation is 1. The second-order valence-electron chi connectivity index (χ2n) is 4.89. The quantitative estimate of drug-likeness (QED) is 0.717. The highest BCUT2D eigenvalue weighted by Gasteiger charge is 2.13. The Labute approximate surface area is 128 Å². The first-order valence-electron chi connectivity index (χ1n) is 7.09. The number of nitrogens with one attached hydrogen (secondary N) is 2. The Balaban J connectivity index is 2.13. The van der Waals surface area contributed by atoms with Crippen LogP contribution in [0.3, 0.4) is 0 Å². The zero-order valence-corrected chi connectivity index (χ0v) is 12.3. The molecule has 0 saturated carbocycles. The fourth-order valence-electron chi connectivity index (χ4n) is 2.05. The Hall–Kier alpha value is -2.82. The number of aromatic nitrogens is 1. The van der Waals surface area contributed by atoms with Gasteiger partial charge in [0.1, 0.15) is 5.70 Å². The molecule has 5 nitrogen and oxygen atoms in total. The minimum atomic E-state index is -1.19. The van der Waals surface area contributed by atoms with Crippen molar-refractivity contribution in [3.8, 4) is 0 Å². The summed E-state index contributed by atoms with van der Waals surface area (Å²) in [6, 6.07) is 10.6. The molecule has 3 N–H and O–H groups in total. The smallest absolute Gasteiger partial charge is 0.352 e. The Bertz CT molecular complexity index is 670. The number of aromatic amines is 1. The van der Waals surface area contributed by atoms with Gasteiger partial charge < -0.3 is 15.4 Å². The van der Waals surface area contributed by atoms with E-state index in [1.54, 1.807) is 30.5 Å². The SMILES string of the molecule is CCCc1ccc(C(=O)NC(=Cc2ccc[nH]2)C(=O)O)cc1. The van der Waals surface area contributed by atoms with Crippen LogP contribution in [0.5, 0.6) is 0 Å². The molecule has 0 aliphatic carbocycles. The normalized spacial score (nSPS) is 11.2. The lowest BCUT2D eigenvalue weighted by molar-refractivity contribution is -0.132. The number of carbonyl (C=O) groups excluding carboxylic acids is 1. The van der Waals surface area contributed by atoms with Crippen molar-refractivity contribution in [2.24, 2.45) is 0 Å². The number of carbonyl (C=O) groups is 2. The average Bonchev–Trinajstić information content (AvgIpc) is 3.00. The molecule has 114 valence electrons. The first kappa shape index (κ1) is 15.6. The van der Waals surface area contributed by atoms with Gasteiger partial charge in [-0.2, -0.15) is 0 Å². The second kappa shape index (κ2) is 7.26. The van der Waals surface area contributed by atoms with Crippen LogP contribution in [-0.4, -0.2) is 22.0 Å². The van der Waals surface area contributed by atoms with E-state index in [4.69, 9.17) is 0 Å². The molecule has 1 aromatic carbocycles. The van der Waals surface area contributed by atoms with Crippen molar-refractivity contribution >= 4 is 18.0 Å². The number of hydrogen-bond donors (Lipinski definition) is 3. The molecule has 2 aromatic rings. The topological polar surface area (TPSA) is 82.2 Å². The van der Waals surface area contributed by atoms with E-state index in [0.29, 0.717) is 11.3 Å². The van der Waals surface area contributed by atoms with E-state index in [2.05, 4.69) is 17.2 Å². The summed E-state index contributed by atoms with van der Waals surface area (Å²) >= 11 is 0. The Morgan fingerprint density at radius 3 is 2.50 bits per heavy atom. The van der Waals surface area contributed by atoms with Gasteiger partial charge in [0.2, 0.25) is 0 Å². The average molecular weight is 298 g/mol. The number of H-pyrrole nitrogens is 1. The van der Waals surface area contributed by atoms with Crippen LogP contribution in [0, 0.1) is 0 Å². The van der Waals surface area contributed by atoms with Gasteiger partial charge in [-0.15, -0.1) is 0 Å². The van der Waals surface area contributed by atoms with Crippen molar-refractivity contribution in [3.05, 3.63) is 65.1 Å². The van der Waals surface area contributed by atoms with Gasteiger partial charge in [-0.3, -0.25) is 4.79 Å². The van der Waals surface area contributed by atoms with Crippen LogP contribution < -0.4 is 5.32 Å². The minimum absolute atomic E-state index is 0.176. The number of amides is 1. The highest BCUT2D eigenvalue weighted by Crippen LogP contribution is 2.08. The van der Waals surface area contributed by atoms with Crippen LogP contribution >= 0.6 is 0 Å². The van der Waals surface area contributed by atoms with Crippen molar-refractivity contribution < 1.29 is 14.7 Å². The van der Waals surface area contributed by atoms with Crippen molar-refractivity contribution in [3.63, 3.8) is 0 Å². The molecule has 2 rings (SSSR count). The number of aliphatic carboxylic acids is 1. The maximum Gasteiger partial charge on any atom is 0.352 e. The predicted molar refractivity (Wildman–Crippen MR) is 84.3 cm³/mol. The summed E-state index contributed by atoms with van der Waals surface area (Å²) in [6.07, 6.45) is 5.05. The fourth-order valence-corrected chi connectivity index (χ4v) is 2.05. The summed E-state index contributed by atoms with van der Waals surface area (Å²) in [7, 11) is 0. The summed E-state index contributed by atoms with van der Waals surface area (Å²) in [5.41, 5.74) is 2.01. The molecule has 0 aliphatic heterocycles. The van der Waals surface area contributed by atoms with Gasteiger partial charge in [-0.25, -0.2) is 4.79 Å². The van der Waals surface area contributed by atoms with E-state index < -0.39 is 11.9 Å². The van der Waals surface area contributed by atoms with Crippen LogP contribution in [0.25, 0.3) is 6.08 Å². The monoisotopic (exact) mass is 298 g/mol. The predicted octanol–water partition coefficient (Wildman–Crippen LogP) is 2.82. The van der Waals surface area contributed by atoms with Gasteiger partial charge in [0, 0.05) is 17.5 Å². The molecule has 0 spiro atoms. The molecule has 0 aliphatic rings. The standard InChI is InChI=1S/C17H18N2O3/c1-2-4-12-6-8-13(9-7-12)16(20)19-15(17(21)22)11-14-5-3-10-18-14/h3,5-11,18H,2,4H2,1H3,(H,19,20)(H,21,22). The molecule has 0 atom stereocenters. The highest BCUT2D eigenvalue weighted by atomic mass is 16.4. The van der Waals surface area contributed by atoms with Crippen LogP contribution in [-0.2, 0) is 11.2 Å². The molecule has 0 saturated heterocycles. The number of carboxylic acid groups (broad SMARTS) is 1. The van der Waals surface area contributed by atoms with E-state index in [-0.39, 0.29) is 5.70 Å². The van der Waals surface area contributed by atoms with Crippen LogP contribution in [0.2, 0.25) is 0 Å². The molecule has 0 unspecified atom stereocenters. The third-order valence-corrected chi connectivity index (χ3v) is 3.16. The van der Waals surface area contributed by atoms with Crippen molar-refractivity contribution in [1.82, 2.24) is 10.3 Å². The molecule has 1 aromatic heterocycles. The van der Waals surface area contributed by atoms with Crippen LogP contribution in [0.1, 0.15) is 35.0 Å². The van der Waals surface area contributed by atoms with Gasteiger partial charge in [0.05, 0.1) is 0 Å². The number of benzene rings is 1. The van der Waals surface area contributed by atoms with Gasteiger partial charge >= 0.3 is 5.97 Å². The zero-order valence-electron chi connectivity index (χ0n) is 12.3. The van der Waals surface area contributed by atoms with Gasteiger partial charge in [0.25, 0.3) is 5.91 Å². The molecular weight excluding hydrogens is 280 g/mol. The van der Waals surface area contributed by atoms with Gasteiger partial charge in [-0.1, -0.05) is 25.5 Å². The Morgan fingerprint density at radius 1 is 1.23 bits per heavy atom. The molecular formula is C17H18N2O3. The third kappa shape index (κ3) is 4.09. The van der Waals surface area contributed by atoms with E-state index in [1.807, 2.05) is 12.1 Å². The largest absolute Gasteiger partial charge is 0.477 e. The molecule has 1 heterocycles. The van der Waals surface area contributed by atoms with E-state index >= 15 is 0 Å². The van der Waals surface area contributed by atoms with Crippen molar-refractivity contribution in [2.45, 2.75) is 19.8 Å². The molecule has 22 heavy (non-hydrogen) atoms. The zero-order chi connectivity index (χ0) is 15.9. The lowest BCUT2D eigenvalue weighted by atomic mass is 10.1. The van der Waals surface area contributed by atoms with Crippen LogP contribution in [0.4, 0.5) is 0 Å². The number of rotatable bonds is 6. The second-order valence-corrected chi connectivity index (χ2v) is 4.89. The Morgan fingerprint density at radius 2 is 1.95 bits per heavy atom. The minimum Gasteiger partial charge on any atom is -0.477 e. The third-order valence-electron chi connectivity index (χ3n) is 3.16. The fraction of sp³-hybridized carbons (Fsp3) is 0.176. The maximum absolute atomic E-state index is 12.1. The summed E-state index contributed by atoms with van der Waals surface area (Å²) in [6.45, 7) is 2.09. The van der Waals surface area contributed by atoms with Crippen LogP contribution in [0.15, 0.2) is 48.3 Å². The highest BCUT2D eigenvalue weighted by molar-refractivity contribution is 6.02.